The summed E-state index contributed by atoms with van der Waals surface area (Å²) in [6.45, 7) is 6.81. The maximum Gasteiger partial charge on any atom is 0.0940 e. The molecule has 2 fully saturated rings. The van der Waals surface area contributed by atoms with Crippen LogP contribution in [-0.2, 0) is 4.74 Å². The lowest BCUT2D eigenvalue weighted by Gasteiger charge is -2.34. The van der Waals surface area contributed by atoms with E-state index in [9.17, 15) is 0 Å². The van der Waals surface area contributed by atoms with Crippen LogP contribution in [0.5, 0.6) is 0 Å². The summed E-state index contributed by atoms with van der Waals surface area (Å²) in [5, 5.41) is 1.79. The Kier molecular flexibility index (Phi) is 2.59. The molecule has 0 aromatic heterocycles. The first-order valence-corrected chi connectivity index (χ1v) is 6.13. The van der Waals surface area contributed by atoms with Crippen molar-refractivity contribution in [1.29, 1.82) is 0 Å². The van der Waals surface area contributed by atoms with Crippen molar-refractivity contribution in [2.24, 2.45) is 5.41 Å². The van der Waals surface area contributed by atoms with E-state index in [0.29, 0.717) is 5.41 Å². The third-order valence-electron chi connectivity index (χ3n) is 3.62. The molecule has 0 amide bonds. The molecule has 2 saturated heterocycles. The van der Waals surface area contributed by atoms with Crippen molar-refractivity contribution in [3.63, 3.8) is 0 Å². The summed E-state index contributed by atoms with van der Waals surface area (Å²) in [4.78, 5) is 0. The standard InChI is InChI=1S/C11H18OS/c1-3-11(8-12-4-2)7-9-5-6-10(11)13-9/h4,9-10H,2-3,5-8H2,1H3. The first-order chi connectivity index (χ1) is 6.30. The summed E-state index contributed by atoms with van der Waals surface area (Å²) < 4.78 is 5.41. The van der Waals surface area contributed by atoms with E-state index in [1.54, 1.807) is 6.26 Å². The summed E-state index contributed by atoms with van der Waals surface area (Å²) in [5.74, 6) is 0. The minimum Gasteiger partial charge on any atom is -0.501 e. The van der Waals surface area contributed by atoms with Gasteiger partial charge in [0, 0.05) is 15.9 Å². The molecule has 0 aromatic carbocycles. The van der Waals surface area contributed by atoms with Crippen LogP contribution in [0, 0.1) is 5.41 Å². The third-order valence-corrected chi connectivity index (χ3v) is 5.47. The molecule has 0 aliphatic carbocycles. The van der Waals surface area contributed by atoms with Crippen LogP contribution in [0.25, 0.3) is 0 Å². The molecule has 3 unspecified atom stereocenters. The second kappa shape index (κ2) is 3.56. The summed E-state index contributed by atoms with van der Waals surface area (Å²) in [7, 11) is 0. The Balaban J connectivity index is 2.03. The van der Waals surface area contributed by atoms with Gasteiger partial charge in [-0.05, 0) is 25.7 Å². The van der Waals surface area contributed by atoms with Crippen molar-refractivity contribution < 1.29 is 4.74 Å². The molecule has 0 aromatic rings. The summed E-state index contributed by atoms with van der Waals surface area (Å²) >= 11 is 2.20. The van der Waals surface area contributed by atoms with Gasteiger partial charge in [-0.2, -0.15) is 11.8 Å². The molecule has 0 radical (unpaired) electrons. The molecule has 2 bridgehead atoms. The number of thioether (sulfide) groups is 1. The van der Waals surface area contributed by atoms with Crippen molar-refractivity contribution in [2.75, 3.05) is 6.61 Å². The van der Waals surface area contributed by atoms with Gasteiger partial charge in [-0.3, -0.25) is 0 Å². The van der Waals surface area contributed by atoms with E-state index in [0.717, 1.165) is 17.1 Å². The molecule has 0 saturated carbocycles. The van der Waals surface area contributed by atoms with E-state index >= 15 is 0 Å². The topological polar surface area (TPSA) is 9.23 Å². The van der Waals surface area contributed by atoms with Gasteiger partial charge in [0.1, 0.15) is 0 Å². The lowest BCUT2D eigenvalue weighted by Crippen LogP contribution is -2.35. The minimum absolute atomic E-state index is 0.474. The molecule has 3 atom stereocenters. The molecule has 1 nitrogen and oxygen atoms in total. The quantitative estimate of drug-likeness (QED) is 0.641. The number of hydrogen-bond donors (Lipinski definition) is 0. The van der Waals surface area contributed by atoms with Gasteiger partial charge in [-0.25, -0.2) is 0 Å². The van der Waals surface area contributed by atoms with Gasteiger partial charge in [-0.1, -0.05) is 13.5 Å². The number of fused-ring (bicyclic) bond motifs is 2. The van der Waals surface area contributed by atoms with Gasteiger partial charge in [0.15, 0.2) is 0 Å². The van der Waals surface area contributed by atoms with Crippen LogP contribution in [0.1, 0.15) is 32.6 Å². The average molecular weight is 198 g/mol. The summed E-state index contributed by atoms with van der Waals surface area (Å²) in [6, 6.07) is 0. The van der Waals surface area contributed by atoms with Crippen LogP contribution < -0.4 is 0 Å². The van der Waals surface area contributed by atoms with Crippen LogP contribution >= 0.6 is 11.8 Å². The molecule has 0 N–H and O–H groups in total. The van der Waals surface area contributed by atoms with Crippen molar-refractivity contribution in [1.82, 2.24) is 0 Å². The van der Waals surface area contributed by atoms with Gasteiger partial charge in [0.2, 0.25) is 0 Å². The Labute approximate surface area is 84.9 Å². The smallest absolute Gasteiger partial charge is 0.0940 e. The average Bonchev–Trinajstić information content (AvgIpc) is 2.74. The van der Waals surface area contributed by atoms with Crippen molar-refractivity contribution >= 4 is 11.8 Å². The monoisotopic (exact) mass is 198 g/mol. The summed E-state index contributed by atoms with van der Waals surface area (Å²) in [5.41, 5.74) is 0.474. The lowest BCUT2D eigenvalue weighted by molar-refractivity contribution is 0.0858. The largest absolute Gasteiger partial charge is 0.501 e. The van der Waals surface area contributed by atoms with Crippen LogP contribution in [0.3, 0.4) is 0 Å². The van der Waals surface area contributed by atoms with E-state index in [1.807, 2.05) is 0 Å². The molecule has 0 spiro atoms. The van der Waals surface area contributed by atoms with Gasteiger partial charge in [-0.15, -0.1) is 0 Å². The predicted molar refractivity (Wildman–Crippen MR) is 57.9 cm³/mol. The molecule has 13 heavy (non-hydrogen) atoms. The molecular formula is C11H18OS. The van der Waals surface area contributed by atoms with Gasteiger partial charge in [0.05, 0.1) is 12.9 Å². The third kappa shape index (κ3) is 1.50. The molecular weight excluding hydrogens is 180 g/mol. The first kappa shape index (κ1) is 9.45. The number of ether oxygens (including phenoxy) is 1. The van der Waals surface area contributed by atoms with Crippen LogP contribution in [0.4, 0.5) is 0 Å². The molecule has 2 heterocycles. The molecule has 2 aliphatic heterocycles. The second-order valence-corrected chi connectivity index (χ2v) is 5.73. The normalized spacial score (nSPS) is 42.2. The summed E-state index contributed by atoms with van der Waals surface area (Å²) in [6.07, 6.45) is 7.06. The Morgan fingerprint density at radius 1 is 1.62 bits per heavy atom. The van der Waals surface area contributed by atoms with E-state index in [4.69, 9.17) is 4.74 Å². The maximum absolute atomic E-state index is 5.41. The molecule has 2 heteroatoms. The highest BCUT2D eigenvalue weighted by Gasteiger charge is 2.50. The van der Waals surface area contributed by atoms with E-state index in [-0.39, 0.29) is 0 Å². The van der Waals surface area contributed by atoms with Crippen molar-refractivity contribution in [3.05, 3.63) is 12.8 Å². The lowest BCUT2D eigenvalue weighted by atomic mass is 9.73. The second-order valence-electron chi connectivity index (χ2n) is 4.22. The fourth-order valence-electron chi connectivity index (χ4n) is 2.74. The fourth-order valence-corrected chi connectivity index (χ4v) is 4.80. The minimum atomic E-state index is 0.474. The highest BCUT2D eigenvalue weighted by molar-refractivity contribution is 8.01. The van der Waals surface area contributed by atoms with Gasteiger partial charge < -0.3 is 4.74 Å². The predicted octanol–water partition coefficient (Wildman–Crippen LogP) is 3.21. The first-order valence-electron chi connectivity index (χ1n) is 5.19. The van der Waals surface area contributed by atoms with Gasteiger partial charge >= 0.3 is 0 Å². The Morgan fingerprint density at radius 2 is 2.46 bits per heavy atom. The van der Waals surface area contributed by atoms with Crippen LogP contribution in [0.15, 0.2) is 12.8 Å². The van der Waals surface area contributed by atoms with E-state index in [2.05, 4.69) is 25.3 Å². The van der Waals surface area contributed by atoms with Gasteiger partial charge in [0.25, 0.3) is 0 Å². The Hall–Kier alpha value is -0.110. The highest BCUT2D eigenvalue weighted by atomic mass is 32.2. The molecule has 2 aliphatic rings. The number of hydrogen-bond acceptors (Lipinski definition) is 2. The van der Waals surface area contributed by atoms with Crippen LogP contribution in [-0.4, -0.2) is 17.1 Å². The highest BCUT2D eigenvalue weighted by Crippen LogP contribution is 2.57. The van der Waals surface area contributed by atoms with Crippen LogP contribution in [0.2, 0.25) is 0 Å². The number of rotatable bonds is 4. The Bertz CT molecular complexity index is 204. The zero-order valence-electron chi connectivity index (χ0n) is 8.29. The molecule has 74 valence electrons. The fraction of sp³-hybridized carbons (Fsp3) is 0.818. The maximum atomic E-state index is 5.41. The van der Waals surface area contributed by atoms with Crippen molar-refractivity contribution in [3.8, 4) is 0 Å². The van der Waals surface area contributed by atoms with E-state index in [1.165, 1.54) is 25.7 Å². The zero-order chi connectivity index (χ0) is 9.31. The SMILES string of the molecule is C=COCC1(CC)CC2CCC1S2. The van der Waals surface area contributed by atoms with E-state index < -0.39 is 0 Å². The van der Waals surface area contributed by atoms with Crippen molar-refractivity contribution in [2.45, 2.75) is 43.1 Å². The molecule has 2 rings (SSSR count). The zero-order valence-corrected chi connectivity index (χ0v) is 9.11. The Morgan fingerprint density at radius 3 is 2.92 bits per heavy atom.